The van der Waals surface area contributed by atoms with Gasteiger partial charge in [0.05, 0.1) is 18.1 Å². The van der Waals surface area contributed by atoms with Crippen LogP contribution in [0, 0.1) is 22.7 Å². The highest BCUT2D eigenvalue weighted by molar-refractivity contribution is 5.75. The van der Waals surface area contributed by atoms with Crippen molar-refractivity contribution in [3.05, 3.63) is 23.8 Å². The lowest BCUT2D eigenvalue weighted by Gasteiger charge is -2.57. The zero-order valence-corrected chi connectivity index (χ0v) is 15.2. The third-order valence-electron chi connectivity index (χ3n) is 6.88. The van der Waals surface area contributed by atoms with Crippen molar-refractivity contribution in [1.29, 1.82) is 0 Å². The van der Waals surface area contributed by atoms with E-state index in [0.717, 1.165) is 44.1 Å². The molecule has 0 unspecified atom stereocenters. The number of carboxylic acids is 1. The smallest absolute Gasteiger partial charge is 0.309 e. The normalized spacial score (nSPS) is 38.5. The third-order valence-corrected chi connectivity index (χ3v) is 6.88. The predicted molar refractivity (Wildman–Crippen MR) is 94.5 cm³/mol. The van der Waals surface area contributed by atoms with Crippen molar-refractivity contribution < 1.29 is 20.1 Å². The summed E-state index contributed by atoms with van der Waals surface area (Å²) in [5, 5.41) is 28.7. The Labute approximate surface area is 145 Å². The molecule has 0 amide bonds. The van der Waals surface area contributed by atoms with Crippen LogP contribution >= 0.6 is 0 Å². The molecule has 0 heterocycles. The highest BCUT2D eigenvalue weighted by Crippen LogP contribution is 2.61. The zero-order valence-electron chi connectivity index (χ0n) is 15.2. The van der Waals surface area contributed by atoms with Crippen LogP contribution in [0.3, 0.4) is 0 Å². The summed E-state index contributed by atoms with van der Waals surface area (Å²) in [6, 6.07) is 0. The number of carboxylic acid groups (broad SMARTS) is 1. The van der Waals surface area contributed by atoms with Crippen LogP contribution in [-0.2, 0) is 4.79 Å². The van der Waals surface area contributed by atoms with Gasteiger partial charge in [0.25, 0.3) is 0 Å². The zero-order chi connectivity index (χ0) is 18.1. The molecule has 4 heteroatoms. The van der Waals surface area contributed by atoms with Crippen LogP contribution in [0.5, 0.6) is 0 Å². The van der Waals surface area contributed by atoms with E-state index in [9.17, 15) is 15.0 Å². The number of aliphatic hydroxyl groups is 2. The maximum Gasteiger partial charge on any atom is 0.309 e. The van der Waals surface area contributed by atoms with Crippen LogP contribution in [0.2, 0.25) is 0 Å². The van der Waals surface area contributed by atoms with Gasteiger partial charge in [-0.15, -0.1) is 0 Å². The molecule has 3 N–H and O–H groups in total. The first-order chi connectivity index (χ1) is 11.2. The molecule has 4 nitrogen and oxygen atoms in total. The maximum absolute atomic E-state index is 12.0. The van der Waals surface area contributed by atoms with E-state index in [0.29, 0.717) is 0 Å². The van der Waals surface area contributed by atoms with Crippen LogP contribution < -0.4 is 0 Å². The molecule has 0 aromatic rings. The minimum atomic E-state index is -0.818. The van der Waals surface area contributed by atoms with Crippen LogP contribution in [0.4, 0.5) is 0 Å². The van der Waals surface area contributed by atoms with Gasteiger partial charge in [-0.3, -0.25) is 4.79 Å². The molecule has 0 saturated heterocycles. The number of carbonyl (C=O) groups is 1. The van der Waals surface area contributed by atoms with Crippen molar-refractivity contribution in [2.75, 3.05) is 6.61 Å². The average molecular weight is 336 g/mol. The van der Waals surface area contributed by atoms with Gasteiger partial charge in [-0.2, -0.15) is 0 Å². The lowest BCUT2D eigenvalue weighted by molar-refractivity contribution is -0.164. The molecule has 136 valence electrons. The van der Waals surface area contributed by atoms with Gasteiger partial charge in [0.1, 0.15) is 0 Å². The van der Waals surface area contributed by atoms with E-state index in [1.807, 2.05) is 19.9 Å². The number of fused-ring (bicyclic) bond motifs is 1. The number of rotatable bonds is 5. The second-order valence-electron chi connectivity index (χ2n) is 8.27. The first-order valence-corrected chi connectivity index (χ1v) is 9.03. The number of aliphatic carboxylic acids is 1. The van der Waals surface area contributed by atoms with Crippen LogP contribution in [0.25, 0.3) is 0 Å². The minimum absolute atomic E-state index is 0.0678. The fourth-order valence-corrected chi connectivity index (χ4v) is 5.22. The molecule has 2 rings (SSSR count). The highest BCUT2D eigenvalue weighted by Gasteiger charge is 2.57. The molecule has 0 aliphatic heterocycles. The molecule has 2 aliphatic carbocycles. The van der Waals surface area contributed by atoms with Crippen LogP contribution in [0.15, 0.2) is 23.8 Å². The van der Waals surface area contributed by atoms with E-state index >= 15 is 0 Å². The highest BCUT2D eigenvalue weighted by atomic mass is 16.4. The Morgan fingerprint density at radius 1 is 1.42 bits per heavy atom. The summed E-state index contributed by atoms with van der Waals surface area (Å²) < 4.78 is 0. The number of hydrogen-bond acceptors (Lipinski definition) is 3. The molecule has 24 heavy (non-hydrogen) atoms. The molecule has 0 radical (unpaired) electrons. The van der Waals surface area contributed by atoms with E-state index in [1.54, 1.807) is 0 Å². The Bertz CT molecular complexity index is 538. The molecular formula is C20H32O4. The first kappa shape index (κ1) is 19.2. The molecule has 0 aromatic carbocycles. The monoisotopic (exact) mass is 336 g/mol. The van der Waals surface area contributed by atoms with Crippen molar-refractivity contribution >= 4 is 5.97 Å². The van der Waals surface area contributed by atoms with Gasteiger partial charge < -0.3 is 15.3 Å². The van der Waals surface area contributed by atoms with Crippen molar-refractivity contribution in [1.82, 2.24) is 0 Å². The minimum Gasteiger partial charge on any atom is -0.481 e. The Kier molecular flexibility index (Phi) is 5.61. The molecule has 5 atom stereocenters. The molecule has 2 fully saturated rings. The predicted octanol–water partition coefficient (Wildman–Crippen LogP) is 3.54. The lowest BCUT2D eigenvalue weighted by Crippen LogP contribution is -2.53. The van der Waals surface area contributed by atoms with Gasteiger partial charge in [-0.1, -0.05) is 31.6 Å². The molecule has 2 saturated carbocycles. The van der Waals surface area contributed by atoms with Crippen LogP contribution in [-0.4, -0.2) is 34.0 Å². The summed E-state index contributed by atoms with van der Waals surface area (Å²) in [5.41, 5.74) is 1.25. The summed E-state index contributed by atoms with van der Waals surface area (Å²) in [4.78, 5) is 12.0. The van der Waals surface area contributed by atoms with E-state index in [2.05, 4.69) is 13.5 Å². The fourth-order valence-electron chi connectivity index (χ4n) is 5.22. The standard InChI is InChI=1S/C20H32O4/c1-13-7-9-17-19(3,10-5-11-20(17,4)18(23)24)15(13)8-6-14(2)16(22)12-21/h6,15-17,21-22H,1,5,7-12H2,2-4H3,(H,23,24)/b14-6-/t15-,16-,17+,19+,20-/m0/s1. The quantitative estimate of drug-likeness (QED) is 0.671. The largest absolute Gasteiger partial charge is 0.481 e. The van der Waals surface area contributed by atoms with E-state index < -0.39 is 17.5 Å². The summed E-state index contributed by atoms with van der Waals surface area (Å²) in [6.45, 7) is 9.98. The topological polar surface area (TPSA) is 77.8 Å². The SMILES string of the molecule is C=C1CC[C@@H]2[C@](C)(CCC[C@]2(C)C(=O)O)[C@H]1C/C=C(/C)[C@@H](O)CO. The van der Waals surface area contributed by atoms with E-state index in [1.165, 1.54) is 5.57 Å². The fraction of sp³-hybridized carbons (Fsp3) is 0.750. The van der Waals surface area contributed by atoms with Gasteiger partial charge in [0.15, 0.2) is 0 Å². The second-order valence-corrected chi connectivity index (χ2v) is 8.27. The summed E-state index contributed by atoms with van der Waals surface area (Å²) in [5.74, 6) is -0.286. The van der Waals surface area contributed by atoms with Crippen molar-refractivity contribution in [2.45, 2.75) is 65.4 Å². The van der Waals surface area contributed by atoms with Gasteiger partial charge in [0, 0.05) is 0 Å². The Hall–Kier alpha value is -1.13. The summed E-state index contributed by atoms with van der Waals surface area (Å²) >= 11 is 0. The second kappa shape index (κ2) is 7.01. The number of allylic oxidation sites excluding steroid dienone is 2. The van der Waals surface area contributed by atoms with Crippen molar-refractivity contribution in [3.8, 4) is 0 Å². The number of aliphatic hydroxyl groups excluding tert-OH is 2. The molecule has 0 bridgehead atoms. The van der Waals surface area contributed by atoms with Gasteiger partial charge >= 0.3 is 5.97 Å². The van der Waals surface area contributed by atoms with Gasteiger partial charge in [-0.25, -0.2) is 0 Å². The Balaban J connectivity index is 2.30. The summed E-state index contributed by atoms with van der Waals surface area (Å²) in [6.07, 6.45) is 6.42. The molecule has 2 aliphatic rings. The van der Waals surface area contributed by atoms with E-state index in [-0.39, 0.29) is 23.9 Å². The maximum atomic E-state index is 12.0. The molecular weight excluding hydrogens is 304 g/mol. The first-order valence-electron chi connectivity index (χ1n) is 9.03. The van der Waals surface area contributed by atoms with E-state index in [4.69, 9.17) is 5.11 Å². The third kappa shape index (κ3) is 3.18. The average Bonchev–Trinajstić information content (AvgIpc) is 2.52. The lowest BCUT2D eigenvalue weighted by atomic mass is 9.46. The van der Waals surface area contributed by atoms with Crippen LogP contribution in [0.1, 0.15) is 59.3 Å². The van der Waals surface area contributed by atoms with Gasteiger partial charge in [-0.05, 0) is 68.8 Å². The van der Waals surface area contributed by atoms with Gasteiger partial charge in [0.2, 0.25) is 0 Å². The molecule has 0 spiro atoms. The Morgan fingerprint density at radius 2 is 2.08 bits per heavy atom. The van der Waals surface area contributed by atoms with Crippen molar-refractivity contribution in [2.24, 2.45) is 22.7 Å². The van der Waals surface area contributed by atoms with Crippen molar-refractivity contribution in [3.63, 3.8) is 0 Å². The Morgan fingerprint density at radius 3 is 2.67 bits per heavy atom. The molecule has 0 aromatic heterocycles. The summed E-state index contributed by atoms with van der Waals surface area (Å²) in [7, 11) is 0. The number of hydrogen-bond donors (Lipinski definition) is 3.